The molecule has 0 aliphatic carbocycles. The lowest BCUT2D eigenvalue weighted by atomic mass is 10.0. The molecule has 8 nitrogen and oxygen atoms in total. The van der Waals surface area contributed by atoms with Crippen LogP contribution in [0.1, 0.15) is 18.1 Å². The van der Waals surface area contributed by atoms with Gasteiger partial charge < -0.3 is 19.7 Å². The number of amides is 2. The normalized spacial score (nSPS) is 17.3. The Kier molecular flexibility index (Phi) is 5.75. The smallest absolute Gasteiger partial charge is 0.349 e. The van der Waals surface area contributed by atoms with Gasteiger partial charge in [0, 0.05) is 43.4 Å². The van der Waals surface area contributed by atoms with E-state index in [4.69, 9.17) is 0 Å². The zero-order chi connectivity index (χ0) is 25.7. The molecule has 1 aromatic carbocycles. The summed E-state index contributed by atoms with van der Waals surface area (Å²) >= 11 is 0. The van der Waals surface area contributed by atoms with Crippen molar-refractivity contribution in [2.45, 2.75) is 31.6 Å². The minimum atomic E-state index is -4.69. The molecule has 2 aliphatic rings. The van der Waals surface area contributed by atoms with Crippen LogP contribution in [0.2, 0.25) is 0 Å². The van der Waals surface area contributed by atoms with Gasteiger partial charge in [-0.1, -0.05) is 18.2 Å². The third-order valence-corrected chi connectivity index (χ3v) is 6.09. The zero-order valence-electron chi connectivity index (χ0n) is 18.6. The lowest BCUT2D eigenvalue weighted by Gasteiger charge is -2.29. The molecule has 0 saturated carbocycles. The quantitative estimate of drug-likeness (QED) is 0.528. The van der Waals surface area contributed by atoms with Crippen LogP contribution in [-0.2, 0) is 19.3 Å². The van der Waals surface area contributed by atoms with E-state index in [1.54, 1.807) is 6.07 Å². The lowest BCUT2D eigenvalue weighted by molar-refractivity contribution is -0.147. The maximum atomic E-state index is 14.7. The highest BCUT2D eigenvalue weighted by atomic mass is 19.4. The molecule has 1 N–H and O–H groups in total. The fraction of sp³-hybridized carbons (Fsp3) is 0.364. The van der Waals surface area contributed by atoms with Crippen molar-refractivity contribution in [1.29, 1.82) is 0 Å². The summed E-state index contributed by atoms with van der Waals surface area (Å²) < 4.78 is 82.9. The molecular formula is C22H19F6N7O. The lowest BCUT2D eigenvalue weighted by Crippen LogP contribution is -2.42. The highest BCUT2D eigenvalue weighted by Crippen LogP contribution is 2.40. The SMILES string of the molecule is O=C(Nc1c(-c2ccccc2F)ccnc1N1CCC(F)(F)C1)N1CCn2c(nnc2C(F)(F)F)C1. The molecule has 2 aliphatic heterocycles. The number of alkyl halides is 5. The summed E-state index contributed by atoms with van der Waals surface area (Å²) in [5.74, 6) is -4.71. The van der Waals surface area contributed by atoms with E-state index in [2.05, 4.69) is 20.5 Å². The molecule has 0 spiro atoms. The van der Waals surface area contributed by atoms with Crippen LogP contribution in [-0.4, -0.2) is 56.2 Å². The van der Waals surface area contributed by atoms with Crippen LogP contribution < -0.4 is 10.2 Å². The van der Waals surface area contributed by atoms with Crippen LogP contribution >= 0.6 is 0 Å². The topological polar surface area (TPSA) is 79.2 Å². The number of carbonyl (C=O) groups is 1. The Morgan fingerprint density at radius 2 is 1.81 bits per heavy atom. The first-order valence-corrected chi connectivity index (χ1v) is 11.0. The zero-order valence-corrected chi connectivity index (χ0v) is 18.6. The number of fused-ring (bicyclic) bond motifs is 1. The summed E-state index contributed by atoms with van der Waals surface area (Å²) in [7, 11) is 0. The number of hydrogen-bond donors (Lipinski definition) is 1. The summed E-state index contributed by atoms with van der Waals surface area (Å²) in [6.07, 6.45) is -3.76. The van der Waals surface area contributed by atoms with E-state index in [9.17, 15) is 31.1 Å². The van der Waals surface area contributed by atoms with Crippen molar-refractivity contribution in [2.24, 2.45) is 0 Å². The van der Waals surface area contributed by atoms with Crippen molar-refractivity contribution in [3.8, 4) is 11.1 Å². The van der Waals surface area contributed by atoms with Crippen molar-refractivity contribution in [3.05, 3.63) is 54.0 Å². The Balaban J connectivity index is 1.47. The Hall–Kier alpha value is -3.84. The highest BCUT2D eigenvalue weighted by Gasteiger charge is 2.41. The van der Waals surface area contributed by atoms with Crippen molar-refractivity contribution in [3.63, 3.8) is 0 Å². The number of pyridine rings is 1. The van der Waals surface area contributed by atoms with Gasteiger partial charge in [0.05, 0.1) is 18.8 Å². The number of nitrogens with one attached hydrogen (secondary N) is 1. The number of rotatable bonds is 3. The Bertz CT molecular complexity index is 1310. The second-order valence-corrected chi connectivity index (χ2v) is 8.51. The number of urea groups is 1. The molecule has 0 bridgehead atoms. The molecule has 1 fully saturated rings. The van der Waals surface area contributed by atoms with Gasteiger partial charge >= 0.3 is 12.2 Å². The van der Waals surface area contributed by atoms with Crippen LogP contribution in [0.3, 0.4) is 0 Å². The predicted octanol–water partition coefficient (Wildman–Crippen LogP) is 4.39. The average molecular weight is 511 g/mol. The van der Waals surface area contributed by atoms with Gasteiger partial charge in [0.1, 0.15) is 5.82 Å². The highest BCUT2D eigenvalue weighted by molar-refractivity contribution is 5.98. The number of hydrogen-bond acceptors (Lipinski definition) is 5. The van der Waals surface area contributed by atoms with E-state index in [0.717, 1.165) is 4.57 Å². The van der Waals surface area contributed by atoms with Crippen LogP contribution in [0.25, 0.3) is 11.1 Å². The molecule has 1 saturated heterocycles. The number of carbonyl (C=O) groups excluding carboxylic acids is 1. The molecule has 3 aromatic rings. The maximum Gasteiger partial charge on any atom is 0.451 e. The van der Waals surface area contributed by atoms with Gasteiger partial charge in [0.25, 0.3) is 5.92 Å². The summed E-state index contributed by atoms with van der Waals surface area (Å²) in [6.45, 7) is -1.20. The van der Waals surface area contributed by atoms with E-state index >= 15 is 0 Å². The van der Waals surface area contributed by atoms with Gasteiger partial charge in [0.15, 0.2) is 11.6 Å². The van der Waals surface area contributed by atoms with Crippen LogP contribution in [0.4, 0.5) is 42.6 Å². The second kappa shape index (κ2) is 8.68. The number of nitrogens with zero attached hydrogens (tertiary/aromatic N) is 6. The van der Waals surface area contributed by atoms with Crippen molar-refractivity contribution < 1.29 is 31.1 Å². The van der Waals surface area contributed by atoms with E-state index in [1.807, 2.05) is 0 Å². The van der Waals surface area contributed by atoms with E-state index in [-0.39, 0.29) is 54.6 Å². The molecular weight excluding hydrogens is 492 g/mol. The monoisotopic (exact) mass is 511 g/mol. The van der Waals surface area contributed by atoms with Gasteiger partial charge in [-0.15, -0.1) is 10.2 Å². The third-order valence-electron chi connectivity index (χ3n) is 6.09. The van der Waals surface area contributed by atoms with Gasteiger partial charge in [0.2, 0.25) is 5.82 Å². The molecule has 4 heterocycles. The second-order valence-electron chi connectivity index (χ2n) is 8.51. The molecule has 36 heavy (non-hydrogen) atoms. The molecule has 0 radical (unpaired) electrons. The van der Waals surface area contributed by atoms with Crippen LogP contribution in [0.5, 0.6) is 0 Å². The minimum Gasteiger partial charge on any atom is -0.349 e. The van der Waals surface area contributed by atoms with Crippen molar-refractivity contribution >= 4 is 17.5 Å². The Morgan fingerprint density at radius 1 is 1.03 bits per heavy atom. The molecule has 5 rings (SSSR count). The van der Waals surface area contributed by atoms with E-state index in [0.29, 0.717) is 0 Å². The maximum absolute atomic E-state index is 14.7. The predicted molar refractivity (Wildman–Crippen MR) is 116 cm³/mol. The summed E-state index contributed by atoms with van der Waals surface area (Å²) in [5, 5.41) is 9.38. The van der Waals surface area contributed by atoms with Crippen molar-refractivity contribution in [1.82, 2.24) is 24.6 Å². The van der Waals surface area contributed by atoms with Gasteiger partial charge in [-0.25, -0.2) is 22.9 Å². The van der Waals surface area contributed by atoms with Gasteiger partial charge in [-0.3, -0.25) is 0 Å². The first-order valence-electron chi connectivity index (χ1n) is 11.0. The summed E-state index contributed by atoms with van der Waals surface area (Å²) in [4.78, 5) is 19.9. The van der Waals surface area contributed by atoms with Gasteiger partial charge in [-0.2, -0.15) is 13.2 Å². The van der Waals surface area contributed by atoms with E-state index < -0.39 is 42.7 Å². The first-order chi connectivity index (χ1) is 17.0. The average Bonchev–Trinajstić information content (AvgIpc) is 3.42. The molecule has 2 amide bonds. The fourth-order valence-electron chi connectivity index (χ4n) is 4.36. The van der Waals surface area contributed by atoms with Crippen LogP contribution in [0.15, 0.2) is 36.5 Å². The Morgan fingerprint density at radius 3 is 2.50 bits per heavy atom. The largest absolute Gasteiger partial charge is 0.451 e. The van der Waals surface area contributed by atoms with E-state index in [1.165, 1.54) is 40.3 Å². The number of aromatic nitrogens is 4. The molecule has 2 aromatic heterocycles. The molecule has 0 atom stereocenters. The number of halogens is 6. The van der Waals surface area contributed by atoms with Crippen molar-refractivity contribution in [2.75, 3.05) is 29.9 Å². The fourth-order valence-corrected chi connectivity index (χ4v) is 4.36. The Labute approximate surface area is 200 Å². The minimum absolute atomic E-state index is 0.0216. The molecule has 0 unspecified atom stereocenters. The number of benzene rings is 1. The summed E-state index contributed by atoms with van der Waals surface area (Å²) in [6, 6.07) is 6.50. The van der Waals surface area contributed by atoms with Gasteiger partial charge in [-0.05, 0) is 12.1 Å². The van der Waals surface area contributed by atoms with Crippen LogP contribution in [0, 0.1) is 5.82 Å². The third kappa shape index (κ3) is 4.42. The molecule has 190 valence electrons. The number of anilines is 2. The first kappa shape index (κ1) is 23.9. The standard InChI is InChI=1S/C22H19F6N7O/c23-15-4-2-1-3-13(15)14-5-7-29-18(34-8-6-21(24,25)12-34)17(14)30-20(36)33-9-10-35-16(11-33)31-32-19(35)22(26,27)28/h1-5,7H,6,8-12H2,(H,30,36). The molecule has 14 heteroatoms. The summed E-state index contributed by atoms with van der Waals surface area (Å²) in [5.41, 5.74) is 0.366.